The highest BCUT2D eigenvalue weighted by molar-refractivity contribution is 6.02. The second-order valence-corrected chi connectivity index (χ2v) is 5.38. The molecular formula is C16H16O4. The lowest BCUT2D eigenvalue weighted by molar-refractivity contribution is 0.101. The number of aryl methyl sites for hydroxylation is 2. The number of ketones is 1. The van der Waals surface area contributed by atoms with E-state index < -0.39 is 0 Å². The Morgan fingerprint density at radius 1 is 1.25 bits per heavy atom. The minimum atomic E-state index is -0.315. The highest BCUT2D eigenvalue weighted by Gasteiger charge is 2.22. The van der Waals surface area contributed by atoms with Gasteiger partial charge in [0.15, 0.2) is 5.78 Å². The first-order chi connectivity index (χ1) is 9.50. The maximum absolute atomic E-state index is 12.0. The average molecular weight is 272 g/mol. The van der Waals surface area contributed by atoms with Gasteiger partial charge in [0.1, 0.15) is 11.3 Å². The first-order valence-corrected chi connectivity index (χ1v) is 6.82. The summed E-state index contributed by atoms with van der Waals surface area (Å²) in [5.41, 5.74) is 2.54. The molecule has 0 saturated heterocycles. The van der Waals surface area contributed by atoms with Crippen molar-refractivity contribution in [1.29, 1.82) is 0 Å². The molecule has 1 heterocycles. The SMILES string of the molecule is CC(=O)c1cc2c3c(c(=O)oc2c(C)c1O)CCCC3. The normalized spacial score (nSPS) is 14.3. The number of rotatable bonds is 1. The highest BCUT2D eigenvalue weighted by atomic mass is 16.4. The van der Waals surface area contributed by atoms with Crippen molar-refractivity contribution in [2.75, 3.05) is 0 Å². The van der Waals surface area contributed by atoms with E-state index in [4.69, 9.17) is 4.42 Å². The number of phenolic OH excluding ortho intramolecular Hbond substituents is 1. The number of hydrogen-bond acceptors (Lipinski definition) is 4. The number of carbonyl (C=O) groups is 1. The second kappa shape index (κ2) is 4.47. The zero-order chi connectivity index (χ0) is 14.4. The Morgan fingerprint density at radius 3 is 2.55 bits per heavy atom. The molecule has 0 fully saturated rings. The van der Waals surface area contributed by atoms with Crippen molar-refractivity contribution in [3.63, 3.8) is 0 Å². The number of fused-ring (bicyclic) bond motifs is 3. The van der Waals surface area contributed by atoms with Crippen LogP contribution in [-0.4, -0.2) is 10.9 Å². The van der Waals surface area contributed by atoms with Gasteiger partial charge in [0.25, 0.3) is 0 Å². The van der Waals surface area contributed by atoms with Crippen molar-refractivity contribution in [3.05, 3.63) is 38.7 Å². The molecule has 0 amide bonds. The van der Waals surface area contributed by atoms with Crippen molar-refractivity contribution < 1.29 is 14.3 Å². The van der Waals surface area contributed by atoms with E-state index in [1.807, 2.05) is 0 Å². The first kappa shape index (κ1) is 12.9. The van der Waals surface area contributed by atoms with Gasteiger partial charge in [0, 0.05) is 16.5 Å². The monoisotopic (exact) mass is 272 g/mol. The fourth-order valence-electron chi connectivity index (χ4n) is 3.00. The van der Waals surface area contributed by atoms with Gasteiger partial charge < -0.3 is 9.52 Å². The van der Waals surface area contributed by atoms with E-state index in [1.54, 1.807) is 13.0 Å². The van der Waals surface area contributed by atoms with Crippen LogP contribution in [0.4, 0.5) is 0 Å². The van der Waals surface area contributed by atoms with Gasteiger partial charge in [0.2, 0.25) is 0 Å². The van der Waals surface area contributed by atoms with E-state index >= 15 is 0 Å². The third kappa shape index (κ3) is 1.75. The number of aromatic hydroxyl groups is 1. The number of carbonyl (C=O) groups excluding carboxylic acids is 1. The van der Waals surface area contributed by atoms with E-state index in [0.717, 1.165) is 42.2 Å². The van der Waals surface area contributed by atoms with Gasteiger partial charge in [-0.25, -0.2) is 4.79 Å². The molecule has 0 spiro atoms. The topological polar surface area (TPSA) is 67.5 Å². The molecule has 1 aliphatic carbocycles. The highest BCUT2D eigenvalue weighted by Crippen LogP contribution is 2.34. The molecule has 0 atom stereocenters. The van der Waals surface area contributed by atoms with Crippen molar-refractivity contribution in [2.24, 2.45) is 0 Å². The zero-order valence-corrected chi connectivity index (χ0v) is 11.6. The van der Waals surface area contributed by atoms with Crippen LogP contribution < -0.4 is 5.63 Å². The van der Waals surface area contributed by atoms with E-state index in [9.17, 15) is 14.7 Å². The van der Waals surface area contributed by atoms with E-state index in [2.05, 4.69) is 0 Å². The van der Waals surface area contributed by atoms with Crippen molar-refractivity contribution in [2.45, 2.75) is 39.5 Å². The minimum Gasteiger partial charge on any atom is -0.507 e. The fraction of sp³-hybridized carbons (Fsp3) is 0.375. The molecule has 0 radical (unpaired) electrons. The average Bonchev–Trinajstić information content (AvgIpc) is 2.43. The van der Waals surface area contributed by atoms with Crippen LogP contribution in [0.5, 0.6) is 5.75 Å². The van der Waals surface area contributed by atoms with Crippen molar-refractivity contribution in [3.8, 4) is 5.75 Å². The number of phenols is 1. The summed E-state index contributed by atoms with van der Waals surface area (Å²) in [7, 11) is 0. The smallest absolute Gasteiger partial charge is 0.339 e. The molecular weight excluding hydrogens is 256 g/mol. The summed E-state index contributed by atoms with van der Waals surface area (Å²) in [6.45, 7) is 3.09. The Kier molecular flexibility index (Phi) is 2.89. The Bertz CT molecular complexity index is 783. The number of benzene rings is 1. The lowest BCUT2D eigenvalue weighted by Crippen LogP contribution is -2.16. The van der Waals surface area contributed by atoms with Crippen LogP contribution in [0, 0.1) is 6.92 Å². The molecule has 1 aromatic carbocycles. The summed E-state index contributed by atoms with van der Waals surface area (Å²) in [5.74, 6) is -0.285. The van der Waals surface area contributed by atoms with Crippen LogP contribution in [0.25, 0.3) is 11.0 Å². The van der Waals surface area contributed by atoms with Crippen molar-refractivity contribution >= 4 is 16.8 Å². The molecule has 1 aliphatic rings. The second-order valence-electron chi connectivity index (χ2n) is 5.38. The van der Waals surface area contributed by atoms with Gasteiger partial charge in [-0.2, -0.15) is 0 Å². The van der Waals surface area contributed by atoms with Gasteiger partial charge in [-0.3, -0.25) is 4.79 Å². The van der Waals surface area contributed by atoms with Crippen LogP contribution in [0.3, 0.4) is 0 Å². The Balaban J connectivity index is 2.47. The van der Waals surface area contributed by atoms with Crippen LogP contribution in [-0.2, 0) is 12.8 Å². The lowest BCUT2D eigenvalue weighted by atomic mass is 9.89. The van der Waals surface area contributed by atoms with Gasteiger partial charge in [0.05, 0.1) is 5.56 Å². The molecule has 1 aromatic heterocycles. The summed E-state index contributed by atoms with van der Waals surface area (Å²) in [4.78, 5) is 23.7. The molecule has 20 heavy (non-hydrogen) atoms. The van der Waals surface area contributed by atoms with E-state index in [1.165, 1.54) is 6.92 Å². The quantitative estimate of drug-likeness (QED) is 0.640. The van der Waals surface area contributed by atoms with E-state index in [-0.39, 0.29) is 22.7 Å². The first-order valence-electron chi connectivity index (χ1n) is 6.82. The predicted octanol–water partition coefficient (Wildman–Crippen LogP) is 2.89. The molecule has 0 unspecified atom stereocenters. The Hall–Kier alpha value is -2.10. The van der Waals surface area contributed by atoms with Gasteiger partial charge in [-0.1, -0.05) is 0 Å². The van der Waals surface area contributed by atoms with Crippen LogP contribution >= 0.6 is 0 Å². The third-order valence-corrected chi connectivity index (χ3v) is 4.10. The minimum absolute atomic E-state index is 0.0936. The summed E-state index contributed by atoms with van der Waals surface area (Å²) in [6, 6.07) is 1.66. The maximum Gasteiger partial charge on any atom is 0.339 e. The van der Waals surface area contributed by atoms with Crippen LogP contribution in [0.15, 0.2) is 15.3 Å². The lowest BCUT2D eigenvalue weighted by Gasteiger charge is -2.18. The zero-order valence-electron chi connectivity index (χ0n) is 11.6. The Morgan fingerprint density at radius 2 is 1.90 bits per heavy atom. The van der Waals surface area contributed by atoms with Gasteiger partial charge >= 0.3 is 5.63 Å². The summed E-state index contributed by atoms with van der Waals surface area (Å²) < 4.78 is 5.38. The maximum atomic E-state index is 12.0. The number of Topliss-reactive ketones (excluding diaryl/α,β-unsaturated/α-hetero) is 1. The predicted molar refractivity (Wildman–Crippen MR) is 75.5 cm³/mol. The van der Waals surface area contributed by atoms with Crippen molar-refractivity contribution in [1.82, 2.24) is 0 Å². The van der Waals surface area contributed by atoms with Gasteiger partial charge in [-0.05, 0) is 51.2 Å². The largest absolute Gasteiger partial charge is 0.507 e. The number of hydrogen-bond donors (Lipinski definition) is 1. The molecule has 4 heteroatoms. The molecule has 3 rings (SSSR count). The molecule has 104 valence electrons. The molecule has 0 aliphatic heterocycles. The molecule has 1 N–H and O–H groups in total. The molecule has 2 aromatic rings. The van der Waals surface area contributed by atoms with Crippen LogP contribution in [0.2, 0.25) is 0 Å². The Labute approximate surface area is 116 Å². The summed E-state index contributed by atoms with van der Waals surface area (Å²) in [5, 5.41) is 10.9. The molecule has 4 nitrogen and oxygen atoms in total. The van der Waals surface area contributed by atoms with Gasteiger partial charge in [-0.15, -0.1) is 0 Å². The summed E-state index contributed by atoms with van der Waals surface area (Å²) in [6.07, 6.45) is 3.56. The molecule has 0 bridgehead atoms. The standard InChI is InChI=1S/C16H16O4/c1-8-14(18)12(9(2)17)7-13-10-5-3-4-6-11(10)16(19)20-15(8)13/h7,18H,3-6H2,1-2H3. The fourth-order valence-corrected chi connectivity index (χ4v) is 3.00. The van der Waals surface area contributed by atoms with Crippen LogP contribution in [0.1, 0.15) is 46.8 Å². The van der Waals surface area contributed by atoms with E-state index in [0.29, 0.717) is 11.1 Å². The third-order valence-electron chi connectivity index (χ3n) is 4.10. The molecule has 0 saturated carbocycles. The summed E-state index contributed by atoms with van der Waals surface area (Å²) >= 11 is 0.